The van der Waals surface area contributed by atoms with Crippen LogP contribution in [0.15, 0.2) is 18.2 Å². The van der Waals surface area contributed by atoms with Gasteiger partial charge in [-0.2, -0.15) is 5.26 Å². The molecule has 0 radical (unpaired) electrons. The van der Waals surface area contributed by atoms with Crippen LogP contribution in [0.25, 0.3) is 0 Å². The molecule has 0 spiro atoms. The van der Waals surface area contributed by atoms with Gasteiger partial charge in [0.05, 0.1) is 11.6 Å². The van der Waals surface area contributed by atoms with Crippen molar-refractivity contribution in [1.82, 2.24) is 0 Å². The van der Waals surface area contributed by atoms with Crippen molar-refractivity contribution >= 4 is 0 Å². The Bertz CT molecular complexity index is 341. The lowest BCUT2D eigenvalue weighted by Gasteiger charge is -2.10. The molecule has 0 heterocycles. The predicted octanol–water partition coefficient (Wildman–Crippen LogP) is 1.67. The van der Waals surface area contributed by atoms with Gasteiger partial charge in [0.25, 0.3) is 0 Å². The monoisotopic (exact) mass is 176 g/mol. The molecule has 3 N–H and O–H groups in total. The molecule has 0 aliphatic rings. The Hall–Kier alpha value is -1.53. The summed E-state index contributed by atoms with van der Waals surface area (Å²) in [5.41, 5.74) is 6.91. The Morgan fingerprint density at radius 3 is 2.85 bits per heavy atom. The summed E-state index contributed by atoms with van der Waals surface area (Å²) in [5, 5.41) is 18.1. The van der Waals surface area contributed by atoms with E-state index in [1.54, 1.807) is 12.1 Å². The second-order valence-corrected chi connectivity index (χ2v) is 2.90. The lowest BCUT2D eigenvalue weighted by molar-refractivity contribution is 0.460. The number of rotatable bonds is 2. The fourth-order valence-corrected chi connectivity index (χ4v) is 1.14. The zero-order valence-corrected chi connectivity index (χ0v) is 7.49. The van der Waals surface area contributed by atoms with E-state index in [1.807, 2.05) is 13.0 Å². The summed E-state index contributed by atoms with van der Waals surface area (Å²) >= 11 is 0. The zero-order valence-electron chi connectivity index (χ0n) is 7.49. The SMILES string of the molecule is CC[C@H](N)c1cc(C#N)ccc1O. The predicted molar refractivity (Wildman–Crippen MR) is 50.0 cm³/mol. The smallest absolute Gasteiger partial charge is 0.120 e. The van der Waals surface area contributed by atoms with E-state index in [-0.39, 0.29) is 11.8 Å². The highest BCUT2D eigenvalue weighted by Gasteiger charge is 2.09. The maximum Gasteiger partial charge on any atom is 0.120 e. The van der Waals surface area contributed by atoms with Crippen LogP contribution in [0, 0.1) is 11.3 Å². The van der Waals surface area contributed by atoms with Gasteiger partial charge in [-0.25, -0.2) is 0 Å². The molecule has 0 aromatic heterocycles. The van der Waals surface area contributed by atoms with Gasteiger partial charge in [-0.15, -0.1) is 0 Å². The number of benzene rings is 1. The minimum atomic E-state index is -0.201. The van der Waals surface area contributed by atoms with Crippen LogP contribution in [0.4, 0.5) is 0 Å². The van der Waals surface area contributed by atoms with Gasteiger partial charge in [-0.1, -0.05) is 6.92 Å². The van der Waals surface area contributed by atoms with Crippen molar-refractivity contribution in [2.45, 2.75) is 19.4 Å². The minimum Gasteiger partial charge on any atom is -0.508 e. The molecular formula is C10H12N2O. The van der Waals surface area contributed by atoms with Gasteiger partial charge in [-0.05, 0) is 24.6 Å². The lowest BCUT2D eigenvalue weighted by atomic mass is 10.0. The summed E-state index contributed by atoms with van der Waals surface area (Å²) in [4.78, 5) is 0. The summed E-state index contributed by atoms with van der Waals surface area (Å²) in [6.07, 6.45) is 0.739. The first kappa shape index (κ1) is 9.56. The molecule has 1 rings (SSSR count). The molecule has 3 nitrogen and oxygen atoms in total. The number of aromatic hydroxyl groups is 1. The van der Waals surface area contributed by atoms with E-state index in [2.05, 4.69) is 0 Å². The fourth-order valence-electron chi connectivity index (χ4n) is 1.14. The van der Waals surface area contributed by atoms with E-state index in [9.17, 15) is 5.11 Å². The Kier molecular flexibility index (Phi) is 2.88. The van der Waals surface area contributed by atoms with Crippen molar-refractivity contribution in [3.05, 3.63) is 29.3 Å². The molecule has 0 aliphatic heterocycles. The Labute approximate surface area is 77.4 Å². The fraction of sp³-hybridized carbons (Fsp3) is 0.300. The van der Waals surface area contributed by atoms with Gasteiger partial charge >= 0.3 is 0 Å². The summed E-state index contributed by atoms with van der Waals surface area (Å²) in [7, 11) is 0. The Balaban J connectivity index is 3.12. The van der Waals surface area contributed by atoms with Gasteiger partial charge in [0.1, 0.15) is 5.75 Å². The van der Waals surface area contributed by atoms with E-state index < -0.39 is 0 Å². The molecule has 0 unspecified atom stereocenters. The molecule has 3 heteroatoms. The Morgan fingerprint density at radius 1 is 1.62 bits per heavy atom. The molecule has 1 aromatic carbocycles. The van der Waals surface area contributed by atoms with Crippen LogP contribution in [0.3, 0.4) is 0 Å². The van der Waals surface area contributed by atoms with E-state index in [1.165, 1.54) is 6.07 Å². The quantitative estimate of drug-likeness (QED) is 0.720. The maximum atomic E-state index is 9.44. The van der Waals surface area contributed by atoms with Gasteiger partial charge in [0.2, 0.25) is 0 Å². The maximum absolute atomic E-state index is 9.44. The van der Waals surface area contributed by atoms with Gasteiger partial charge in [0.15, 0.2) is 0 Å². The first-order valence-electron chi connectivity index (χ1n) is 4.17. The van der Waals surface area contributed by atoms with Crippen LogP contribution >= 0.6 is 0 Å². The summed E-state index contributed by atoms with van der Waals surface area (Å²) in [6, 6.07) is 6.51. The number of phenolic OH excluding ortho intramolecular Hbond substituents is 1. The van der Waals surface area contributed by atoms with Crippen molar-refractivity contribution in [1.29, 1.82) is 5.26 Å². The highest BCUT2D eigenvalue weighted by Crippen LogP contribution is 2.25. The van der Waals surface area contributed by atoms with Crippen LogP contribution in [0.5, 0.6) is 5.75 Å². The van der Waals surface area contributed by atoms with Crippen molar-refractivity contribution < 1.29 is 5.11 Å². The molecule has 0 fully saturated rings. The third kappa shape index (κ3) is 1.98. The molecule has 0 bridgehead atoms. The van der Waals surface area contributed by atoms with Crippen molar-refractivity contribution in [3.63, 3.8) is 0 Å². The molecule has 0 saturated heterocycles. The molecule has 13 heavy (non-hydrogen) atoms. The second-order valence-electron chi connectivity index (χ2n) is 2.90. The van der Waals surface area contributed by atoms with Crippen molar-refractivity contribution in [2.75, 3.05) is 0 Å². The van der Waals surface area contributed by atoms with Crippen LogP contribution in [0.2, 0.25) is 0 Å². The van der Waals surface area contributed by atoms with E-state index in [0.29, 0.717) is 11.1 Å². The third-order valence-electron chi connectivity index (χ3n) is 2.00. The van der Waals surface area contributed by atoms with Gasteiger partial charge in [0, 0.05) is 11.6 Å². The standard InChI is InChI=1S/C10H12N2O/c1-2-9(12)8-5-7(6-11)3-4-10(8)13/h3-5,9,13H,2,12H2,1H3/t9-/m0/s1. The third-order valence-corrected chi connectivity index (χ3v) is 2.00. The molecule has 0 aliphatic carbocycles. The molecular weight excluding hydrogens is 164 g/mol. The number of hydrogen-bond donors (Lipinski definition) is 2. The number of nitriles is 1. The topological polar surface area (TPSA) is 70.0 Å². The van der Waals surface area contributed by atoms with Crippen LogP contribution in [0.1, 0.15) is 30.5 Å². The molecule has 68 valence electrons. The summed E-state index contributed by atoms with van der Waals surface area (Å²) < 4.78 is 0. The number of phenols is 1. The second kappa shape index (κ2) is 3.92. The molecule has 1 atom stereocenters. The molecule has 0 saturated carbocycles. The van der Waals surface area contributed by atoms with Crippen LogP contribution < -0.4 is 5.73 Å². The van der Waals surface area contributed by atoms with Gasteiger partial charge in [-0.3, -0.25) is 0 Å². The van der Waals surface area contributed by atoms with Crippen molar-refractivity contribution in [2.24, 2.45) is 5.73 Å². The van der Waals surface area contributed by atoms with Gasteiger partial charge < -0.3 is 10.8 Å². The largest absolute Gasteiger partial charge is 0.508 e. The number of hydrogen-bond acceptors (Lipinski definition) is 3. The number of nitrogens with zero attached hydrogens (tertiary/aromatic N) is 1. The Morgan fingerprint density at radius 2 is 2.31 bits per heavy atom. The lowest BCUT2D eigenvalue weighted by Crippen LogP contribution is -2.08. The summed E-state index contributed by atoms with van der Waals surface area (Å²) in [5.74, 6) is 0.161. The molecule has 1 aromatic rings. The highest BCUT2D eigenvalue weighted by molar-refractivity contribution is 5.42. The van der Waals surface area contributed by atoms with Crippen molar-refractivity contribution in [3.8, 4) is 11.8 Å². The summed E-state index contributed by atoms with van der Waals surface area (Å²) in [6.45, 7) is 1.93. The van der Waals surface area contributed by atoms with Crippen LogP contribution in [-0.4, -0.2) is 5.11 Å². The normalized spacial score (nSPS) is 12.1. The van der Waals surface area contributed by atoms with E-state index >= 15 is 0 Å². The first-order chi connectivity index (χ1) is 6.19. The first-order valence-corrected chi connectivity index (χ1v) is 4.17. The minimum absolute atomic E-state index is 0.161. The highest BCUT2D eigenvalue weighted by atomic mass is 16.3. The molecule has 0 amide bonds. The van der Waals surface area contributed by atoms with E-state index in [0.717, 1.165) is 6.42 Å². The number of nitrogens with two attached hydrogens (primary N) is 1. The van der Waals surface area contributed by atoms with E-state index in [4.69, 9.17) is 11.0 Å². The average molecular weight is 176 g/mol. The zero-order chi connectivity index (χ0) is 9.84. The van der Waals surface area contributed by atoms with Crippen LogP contribution in [-0.2, 0) is 0 Å². The average Bonchev–Trinajstić information content (AvgIpc) is 2.17.